The summed E-state index contributed by atoms with van der Waals surface area (Å²) in [6.07, 6.45) is 5.93. The average Bonchev–Trinajstić information content (AvgIpc) is 3.35. The summed E-state index contributed by atoms with van der Waals surface area (Å²) < 4.78 is 1.85. The lowest BCUT2D eigenvalue weighted by atomic mass is 9.75. The summed E-state index contributed by atoms with van der Waals surface area (Å²) in [4.78, 5) is 18.1. The molecule has 2 bridgehead atoms. The van der Waals surface area contributed by atoms with Gasteiger partial charge < -0.3 is 10.0 Å². The smallest absolute Gasteiger partial charge is 0.257 e. The molecular formula is C22H28N4O2. The third kappa shape index (κ3) is 2.73. The van der Waals surface area contributed by atoms with Crippen LogP contribution in [0.3, 0.4) is 0 Å². The lowest BCUT2D eigenvalue weighted by Gasteiger charge is -2.51. The third-order valence-electron chi connectivity index (χ3n) is 6.93. The number of rotatable bonds is 3. The molecule has 0 unspecified atom stereocenters. The van der Waals surface area contributed by atoms with Crippen LogP contribution in [0.1, 0.15) is 54.6 Å². The first-order chi connectivity index (χ1) is 13.5. The van der Waals surface area contributed by atoms with Crippen LogP contribution in [0.4, 0.5) is 0 Å². The summed E-state index contributed by atoms with van der Waals surface area (Å²) in [7, 11) is 0. The molecule has 4 fully saturated rings. The predicted octanol–water partition coefficient (Wildman–Crippen LogP) is 2.87. The predicted molar refractivity (Wildman–Crippen MR) is 106 cm³/mol. The van der Waals surface area contributed by atoms with Crippen molar-refractivity contribution in [3.63, 3.8) is 0 Å². The molecular weight excluding hydrogens is 352 g/mol. The highest BCUT2D eigenvalue weighted by atomic mass is 16.3. The number of carbonyl (C=O) groups excluding carboxylic acids is 1. The molecule has 1 aromatic heterocycles. The number of carbonyl (C=O) groups is 1. The molecule has 6 heteroatoms. The van der Waals surface area contributed by atoms with Crippen LogP contribution in [0.5, 0.6) is 5.75 Å². The number of amides is 1. The Kier molecular flexibility index (Phi) is 4.19. The number of piperidine rings is 3. The highest BCUT2D eigenvalue weighted by molar-refractivity contribution is 5.94. The molecule has 6 nitrogen and oxygen atoms in total. The molecule has 4 aliphatic heterocycles. The lowest BCUT2D eigenvalue weighted by molar-refractivity contribution is -0.00342. The molecule has 1 N–H and O–H groups in total. The van der Waals surface area contributed by atoms with Crippen LogP contribution < -0.4 is 0 Å². The average molecular weight is 380 g/mol. The van der Waals surface area contributed by atoms with Crippen LogP contribution in [0, 0.1) is 5.92 Å². The molecule has 1 aromatic carbocycles. The van der Waals surface area contributed by atoms with Crippen molar-refractivity contribution in [3.05, 3.63) is 47.8 Å². The van der Waals surface area contributed by atoms with E-state index in [0.29, 0.717) is 29.8 Å². The molecule has 0 aliphatic carbocycles. The van der Waals surface area contributed by atoms with Crippen LogP contribution >= 0.6 is 0 Å². The van der Waals surface area contributed by atoms with Gasteiger partial charge in [-0.05, 0) is 63.4 Å². The van der Waals surface area contributed by atoms with Gasteiger partial charge in [0.05, 0.1) is 17.8 Å². The normalized spacial score (nSPS) is 31.4. The van der Waals surface area contributed by atoms with Crippen LogP contribution in [-0.4, -0.2) is 62.3 Å². The SMILES string of the molecule is CC(C)n1cc(C(=O)N2C[C@H](c3cccc(O)c3)[C@H]3[C@@H]2C2CCN3CC2)cn1. The minimum Gasteiger partial charge on any atom is -0.508 e. The second-order valence-electron chi connectivity index (χ2n) is 8.82. The molecule has 0 saturated carbocycles. The molecule has 28 heavy (non-hydrogen) atoms. The maximum Gasteiger partial charge on any atom is 0.257 e. The van der Waals surface area contributed by atoms with Gasteiger partial charge in [0, 0.05) is 30.7 Å². The van der Waals surface area contributed by atoms with Crippen molar-refractivity contribution in [1.82, 2.24) is 19.6 Å². The Hall–Kier alpha value is -2.34. The molecule has 0 spiro atoms. The van der Waals surface area contributed by atoms with E-state index in [1.54, 1.807) is 12.3 Å². The number of fused-ring (bicyclic) bond motifs is 2. The number of aromatic nitrogens is 2. The van der Waals surface area contributed by atoms with E-state index in [4.69, 9.17) is 0 Å². The van der Waals surface area contributed by atoms with E-state index in [0.717, 1.165) is 18.7 Å². The van der Waals surface area contributed by atoms with E-state index < -0.39 is 0 Å². The quantitative estimate of drug-likeness (QED) is 0.889. The Balaban J connectivity index is 1.50. The Morgan fingerprint density at radius 1 is 1.21 bits per heavy atom. The van der Waals surface area contributed by atoms with Gasteiger partial charge in [-0.25, -0.2) is 0 Å². The number of hydrogen-bond donors (Lipinski definition) is 1. The zero-order chi connectivity index (χ0) is 19.4. The fraction of sp³-hybridized carbons (Fsp3) is 0.545. The standard InChI is InChI=1S/C22H28N4O2/c1-14(2)26-12-17(11-23-26)22(28)25-13-19(16-4-3-5-18(27)10-16)21-20(25)15-6-8-24(21)9-7-15/h3-5,10-12,14-15,19-21,27H,6-9,13H2,1-2H3/t19-,20+,21+/m1/s1. The van der Waals surface area contributed by atoms with Crippen LogP contribution in [0.25, 0.3) is 0 Å². The summed E-state index contributed by atoms with van der Waals surface area (Å²) in [5.74, 6) is 1.21. The van der Waals surface area contributed by atoms with Gasteiger partial charge >= 0.3 is 0 Å². The summed E-state index contributed by atoms with van der Waals surface area (Å²) in [6, 6.07) is 8.43. The Labute approximate surface area is 165 Å². The van der Waals surface area contributed by atoms with Gasteiger partial charge in [0.15, 0.2) is 0 Å². The number of phenols is 1. The fourth-order valence-corrected chi connectivity index (χ4v) is 5.60. The number of benzene rings is 1. The first-order valence-electron chi connectivity index (χ1n) is 10.4. The molecule has 2 aromatic rings. The number of phenolic OH excluding ortho intramolecular Hbond substituents is 1. The van der Waals surface area contributed by atoms with Crippen LogP contribution in [0.2, 0.25) is 0 Å². The first-order valence-corrected chi connectivity index (χ1v) is 10.4. The van der Waals surface area contributed by atoms with Crippen molar-refractivity contribution in [1.29, 1.82) is 0 Å². The Morgan fingerprint density at radius 2 is 2.00 bits per heavy atom. The third-order valence-corrected chi connectivity index (χ3v) is 6.93. The summed E-state index contributed by atoms with van der Waals surface area (Å²) >= 11 is 0. The van der Waals surface area contributed by atoms with Crippen LogP contribution in [-0.2, 0) is 0 Å². The van der Waals surface area contributed by atoms with Gasteiger partial charge in [0.25, 0.3) is 5.91 Å². The second kappa shape index (κ2) is 6.62. The highest BCUT2D eigenvalue weighted by Crippen LogP contribution is 2.47. The van der Waals surface area contributed by atoms with Crippen molar-refractivity contribution < 1.29 is 9.90 Å². The van der Waals surface area contributed by atoms with Crippen molar-refractivity contribution >= 4 is 5.91 Å². The van der Waals surface area contributed by atoms with Gasteiger partial charge in [0.1, 0.15) is 5.75 Å². The van der Waals surface area contributed by atoms with Gasteiger partial charge in [-0.2, -0.15) is 5.10 Å². The van der Waals surface area contributed by atoms with E-state index in [2.05, 4.69) is 34.8 Å². The minimum absolute atomic E-state index is 0.0957. The summed E-state index contributed by atoms with van der Waals surface area (Å²) in [5, 5.41) is 14.4. The molecule has 0 radical (unpaired) electrons. The maximum atomic E-state index is 13.5. The van der Waals surface area contributed by atoms with E-state index in [1.165, 1.54) is 12.8 Å². The van der Waals surface area contributed by atoms with Gasteiger partial charge in [-0.1, -0.05) is 12.1 Å². The molecule has 4 saturated heterocycles. The Morgan fingerprint density at radius 3 is 2.68 bits per heavy atom. The largest absolute Gasteiger partial charge is 0.508 e. The molecule has 148 valence electrons. The number of nitrogens with zero attached hydrogens (tertiary/aromatic N) is 4. The van der Waals surface area contributed by atoms with Gasteiger partial charge in [-0.15, -0.1) is 0 Å². The number of likely N-dealkylation sites (tertiary alicyclic amines) is 1. The van der Waals surface area contributed by atoms with E-state index in [-0.39, 0.29) is 23.9 Å². The van der Waals surface area contributed by atoms with E-state index in [1.807, 2.05) is 23.0 Å². The second-order valence-corrected chi connectivity index (χ2v) is 8.82. The molecule has 5 heterocycles. The first kappa shape index (κ1) is 17.7. The van der Waals surface area contributed by atoms with Crippen LogP contribution in [0.15, 0.2) is 36.7 Å². The molecule has 1 amide bonds. The monoisotopic (exact) mass is 380 g/mol. The van der Waals surface area contributed by atoms with E-state index >= 15 is 0 Å². The summed E-state index contributed by atoms with van der Waals surface area (Å²) in [5.41, 5.74) is 1.82. The van der Waals surface area contributed by atoms with Crippen molar-refractivity contribution in [2.45, 2.75) is 50.7 Å². The maximum absolute atomic E-state index is 13.5. The minimum atomic E-state index is 0.0957. The van der Waals surface area contributed by atoms with Gasteiger partial charge in [-0.3, -0.25) is 14.4 Å². The zero-order valence-corrected chi connectivity index (χ0v) is 16.5. The van der Waals surface area contributed by atoms with Crippen molar-refractivity contribution in [2.24, 2.45) is 5.92 Å². The summed E-state index contributed by atoms with van der Waals surface area (Å²) in [6.45, 7) is 7.08. The molecule has 3 atom stereocenters. The number of aromatic hydroxyl groups is 1. The topological polar surface area (TPSA) is 61.6 Å². The van der Waals surface area contributed by atoms with Crippen molar-refractivity contribution in [3.8, 4) is 5.75 Å². The molecule has 6 rings (SSSR count). The highest BCUT2D eigenvalue weighted by Gasteiger charge is 2.54. The van der Waals surface area contributed by atoms with Gasteiger partial charge in [0.2, 0.25) is 0 Å². The van der Waals surface area contributed by atoms with Crippen molar-refractivity contribution in [2.75, 3.05) is 19.6 Å². The Bertz CT molecular complexity index is 884. The lowest BCUT2D eigenvalue weighted by Crippen LogP contribution is -2.60. The number of hydrogen-bond acceptors (Lipinski definition) is 4. The zero-order valence-electron chi connectivity index (χ0n) is 16.5. The molecule has 4 aliphatic rings. The fourth-order valence-electron chi connectivity index (χ4n) is 5.60. The van der Waals surface area contributed by atoms with E-state index in [9.17, 15) is 9.90 Å².